The SMILES string of the molecule is C=C/C=C(\C=C/CCNCCC(CC)C/C=C/CC=C(Cl)C=C)c1cccnc1.CC. The highest BCUT2D eigenvalue weighted by Crippen LogP contribution is 2.15. The quantitative estimate of drug-likeness (QED) is 0.168. The molecule has 0 aliphatic rings. The summed E-state index contributed by atoms with van der Waals surface area (Å²) in [6, 6.07) is 4.02. The Hall–Kier alpha value is -2.16. The molecular formula is C28H41ClN2. The van der Waals surface area contributed by atoms with Crippen molar-refractivity contribution in [1.82, 2.24) is 10.3 Å². The molecule has 1 rings (SSSR count). The molecule has 1 atom stereocenters. The van der Waals surface area contributed by atoms with Crippen LogP contribution in [0, 0.1) is 5.92 Å². The number of rotatable bonds is 15. The number of aromatic nitrogens is 1. The molecule has 0 bridgehead atoms. The lowest BCUT2D eigenvalue weighted by atomic mass is 9.98. The molecule has 3 heteroatoms. The lowest BCUT2D eigenvalue weighted by Crippen LogP contribution is -2.18. The van der Waals surface area contributed by atoms with Gasteiger partial charge in [0, 0.05) is 17.4 Å². The predicted molar refractivity (Wildman–Crippen MR) is 141 cm³/mol. The Balaban J connectivity index is 0.00000436. The number of nitrogens with zero attached hydrogens (tertiary/aromatic N) is 1. The van der Waals surface area contributed by atoms with Crippen molar-refractivity contribution in [3.8, 4) is 0 Å². The van der Waals surface area contributed by atoms with Crippen LogP contribution in [0.25, 0.3) is 5.57 Å². The third-order valence-electron chi connectivity index (χ3n) is 4.66. The van der Waals surface area contributed by atoms with Crippen LogP contribution >= 0.6 is 11.6 Å². The van der Waals surface area contributed by atoms with Gasteiger partial charge in [-0.1, -0.05) is 107 Å². The normalized spacial score (nSPS) is 13.2. The molecule has 0 radical (unpaired) electrons. The molecule has 1 heterocycles. The van der Waals surface area contributed by atoms with Gasteiger partial charge in [-0.2, -0.15) is 0 Å². The number of pyridine rings is 1. The topological polar surface area (TPSA) is 24.9 Å². The van der Waals surface area contributed by atoms with Gasteiger partial charge in [0.2, 0.25) is 0 Å². The Labute approximate surface area is 196 Å². The van der Waals surface area contributed by atoms with Crippen molar-refractivity contribution < 1.29 is 0 Å². The van der Waals surface area contributed by atoms with E-state index in [1.54, 1.807) is 12.3 Å². The van der Waals surface area contributed by atoms with Gasteiger partial charge in [0.15, 0.2) is 0 Å². The first-order valence-electron chi connectivity index (χ1n) is 11.4. The van der Waals surface area contributed by atoms with E-state index in [2.05, 4.69) is 60.8 Å². The molecule has 0 aliphatic carbocycles. The summed E-state index contributed by atoms with van der Waals surface area (Å²) in [5.74, 6) is 0.723. The summed E-state index contributed by atoms with van der Waals surface area (Å²) in [5, 5.41) is 4.27. The van der Waals surface area contributed by atoms with E-state index in [-0.39, 0.29) is 0 Å². The fourth-order valence-electron chi connectivity index (χ4n) is 2.87. The molecule has 0 amide bonds. The molecule has 0 saturated heterocycles. The highest BCUT2D eigenvalue weighted by molar-refractivity contribution is 6.31. The van der Waals surface area contributed by atoms with Crippen LogP contribution in [0.15, 0.2) is 91.3 Å². The minimum Gasteiger partial charge on any atom is -0.316 e. The van der Waals surface area contributed by atoms with Crippen LogP contribution in [-0.2, 0) is 0 Å². The molecular weight excluding hydrogens is 400 g/mol. The Morgan fingerprint density at radius 1 is 1.19 bits per heavy atom. The van der Waals surface area contributed by atoms with Gasteiger partial charge in [0.25, 0.3) is 0 Å². The third-order valence-corrected chi connectivity index (χ3v) is 4.97. The van der Waals surface area contributed by atoms with Crippen LogP contribution in [0.2, 0.25) is 0 Å². The molecule has 1 aromatic rings. The Morgan fingerprint density at radius 2 is 2.00 bits per heavy atom. The van der Waals surface area contributed by atoms with Gasteiger partial charge in [0.1, 0.15) is 0 Å². The number of hydrogen-bond donors (Lipinski definition) is 1. The Morgan fingerprint density at radius 3 is 2.65 bits per heavy atom. The van der Waals surface area contributed by atoms with Crippen molar-refractivity contribution in [2.75, 3.05) is 13.1 Å². The Bertz CT molecular complexity index is 699. The van der Waals surface area contributed by atoms with E-state index in [1.807, 2.05) is 44.3 Å². The van der Waals surface area contributed by atoms with E-state index in [0.29, 0.717) is 5.03 Å². The van der Waals surface area contributed by atoms with Crippen LogP contribution in [0.3, 0.4) is 0 Å². The number of halogens is 1. The van der Waals surface area contributed by atoms with Gasteiger partial charge in [-0.15, -0.1) is 0 Å². The zero-order valence-electron chi connectivity index (χ0n) is 19.7. The van der Waals surface area contributed by atoms with E-state index >= 15 is 0 Å². The summed E-state index contributed by atoms with van der Waals surface area (Å²) < 4.78 is 0. The molecule has 2 nitrogen and oxygen atoms in total. The molecule has 1 unspecified atom stereocenters. The maximum absolute atomic E-state index is 5.90. The van der Waals surface area contributed by atoms with Crippen molar-refractivity contribution in [2.45, 2.75) is 52.9 Å². The standard InChI is InChI=1S/C26H35ClN2.C2H6/c1-4-13-24(25-16-12-20-29-22-25)15-10-11-19-28-21-18-23(5-2)14-8-7-9-17-26(27)6-3;1-2/h4,6-8,10,12-13,15-17,20,22-23,28H,1,3,5,9,11,14,18-19,21H2,2H3;1-2H3/b8-7+,15-10-,24-13+,26-17?;. The van der Waals surface area contributed by atoms with E-state index in [4.69, 9.17) is 11.6 Å². The lowest BCUT2D eigenvalue weighted by Gasteiger charge is -2.12. The fourth-order valence-corrected chi connectivity index (χ4v) is 2.96. The van der Waals surface area contributed by atoms with Gasteiger partial charge in [0.05, 0.1) is 0 Å². The maximum atomic E-state index is 5.90. The molecule has 1 N–H and O–H groups in total. The highest BCUT2D eigenvalue weighted by Gasteiger charge is 2.03. The third kappa shape index (κ3) is 15.3. The minimum atomic E-state index is 0.715. The van der Waals surface area contributed by atoms with Gasteiger partial charge in [-0.25, -0.2) is 0 Å². The van der Waals surface area contributed by atoms with Crippen molar-refractivity contribution >= 4 is 17.2 Å². The molecule has 0 aromatic carbocycles. The van der Waals surface area contributed by atoms with Crippen LogP contribution in [0.4, 0.5) is 0 Å². The first kappa shape index (κ1) is 28.8. The van der Waals surface area contributed by atoms with Crippen LogP contribution < -0.4 is 5.32 Å². The summed E-state index contributed by atoms with van der Waals surface area (Å²) >= 11 is 5.90. The zero-order chi connectivity index (χ0) is 23.2. The summed E-state index contributed by atoms with van der Waals surface area (Å²) in [7, 11) is 0. The lowest BCUT2D eigenvalue weighted by molar-refractivity contribution is 0.457. The van der Waals surface area contributed by atoms with Crippen molar-refractivity contribution in [3.63, 3.8) is 0 Å². The molecule has 0 fully saturated rings. The summed E-state index contributed by atoms with van der Waals surface area (Å²) in [4.78, 5) is 4.19. The predicted octanol–water partition coefficient (Wildman–Crippen LogP) is 8.27. The summed E-state index contributed by atoms with van der Waals surface area (Å²) in [6.07, 6.45) is 25.3. The second-order valence-electron chi connectivity index (χ2n) is 6.84. The van der Waals surface area contributed by atoms with Gasteiger partial charge in [-0.3, -0.25) is 4.98 Å². The van der Waals surface area contributed by atoms with Crippen molar-refractivity contribution in [1.29, 1.82) is 0 Å². The van der Waals surface area contributed by atoms with Gasteiger partial charge in [-0.05, 0) is 61.9 Å². The number of nitrogens with one attached hydrogen (secondary N) is 1. The van der Waals surface area contributed by atoms with E-state index < -0.39 is 0 Å². The smallest absolute Gasteiger partial charge is 0.0363 e. The number of hydrogen-bond acceptors (Lipinski definition) is 2. The second kappa shape index (κ2) is 21.1. The highest BCUT2D eigenvalue weighted by atomic mass is 35.5. The summed E-state index contributed by atoms with van der Waals surface area (Å²) in [5.41, 5.74) is 2.24. The van der Waals surface area contributed by atoms with E-state index in [1.165, 1.54) is 12.8 Å². The van der Waals surface area contributed by atoms with Gasteiger partial charge >= 0.3 is 0 Å². The van der Waals surface area contributed by atoms with Crippen LogP contribution in [0.1, 0.15) is 58.4 Å². The molecule has 0 spiro atoms. The first-order chi connectivity index (χ1) is 15.2. The molecule has 31 heavy (non-hydrogen) atoms. The zero-order valence-corrected chi connectivity index (χ0v) is 20.5. The minimum absolute atomic E-state index is 0.715. The van der Waals surface area contributed by atoms with E-state index in [9.17, 15) is 0 Å². The fraction of sp³-hybridized carbons (Fsp3) is 0.393. The molecule has 0 aliphatic heterocycles. The van der Waals surface area contributed by atoms with Crippen molar-refractivity contribution in [2.24, 2.45) is 5.92 Å². The van der Waals surface area contributed by atoms with Gasteiger partial charge < -0.3 is 5.32 Å². The monoisotopic (exact) mass is 440 g/mol. The number of allylic oxidation sites excluding steroid dienone is 9. The Kier molecular flexibility index (Phi) is 19.6. The summed E-state index contributed by atoms with van der Waals surface area (Å²) in [6.45, 7) is 15.8. The maximum Gasteiger partial charge on any atom is 0.0363 e. The average Bonchev–Trinajstić information content (AvgIpc) is 2.82. The molecule has 170 valence electrons. The molecule has 0 saturated carbocycles. The largest absolute Gasteiger partial charge is 0.316 e. The van der Waals surface area contributed by atoms with E-state index in [0.717, 1.165) is 49.4 Å². The average molecular weight is 441 g/mol. The second-order valence-corrected chi connectivity index (χ2v) is 7.28. The van der Waals surface area contributed by atoms with Crippen molar-refractivity contribution in [3.05, 3.63) is 96.9 Å². The van der Waals surface area contributed by atoms with Crippen LogP contribution in [0.5, 0.6) is 0 Å². The molecule has 1 aromatic heterocycles. The van der Waals surface area contributed by atoms with Crippen LogP contribution in [-0.4, -0.2) is 18.1 Å². The first-order valence-corrected chi connectivity index (χ1v) is 11.8.